The summed E-state index contributed by atoms with van der Waals surface area (Å²) in [5.41, 5.74) is 0.486. The van der Waals surface area contributed by atoms with Crippen LogP contribution in [-0.2, 0) is 28.1 Å². The van der Waals surface area contributed by atoms with Crippen LogP contribution < -0.4 is 14.8 Å². The summed E-state index contributed by atoms with van der Waals surface area (Å²) >= 11 is 0. The third-order valence-electron chi connectivity index (χ3n) is 3.79. The van der Waals surface area contributed by atoms with E-state index in [1.165, 1.54) is 0 Å². The number of aliphatic hydroxyl groups excluding tert-OH is 1. The third-order valence-corrected chi connectivity index (χ3v) is 3.79. The van der Waals surface area contributed by atoms with E-state index in [4.69, 9.17) is 14.2 Å². The summed E-state index contributed by atoms with van der Waals surface area (Å²) in [6.07, 6.45) is -0.856. The van der Waals surface area contributed by atoms with Crippen LogP contribution in [-0.4, -0.2) is 49.5 Å². The standard InChI is InChI=1S/C22H27NO6.C2H6.V/c1-16(2)14-27-18-8-10-19(11-9-18)28-15-21(25)29-20(13-24)12-23-22(26)17-6-4-3-5-7-17;1-2;/h3-11,16,20,24H,12-15H2,1-2H3,(H,23,26);1-2H3;. The summed E-state index contributed by atoms with van der Waals surface area (Å²) < 4.78 is 16.1. The molecule has 2 aromatic rings. The van der Waals surface area contributed by atoms with Gasteiger partial charge in [-0.3, -0.25) is 4.79 Å². The number of amides is 1. The van der Waals surface area contributed by atoms with E-state index >= 15 is 0 Å². The smallest absolute Gasteiger partial charge is 0.344 e. The summed E-state index contributed by atoms with van der Waals surface area (Å²) in [5.74, 6) is 0.701. The quantitative estimate of drug-likeness (QED) is 0.477. The van der Waals surface area contributed by atoms with Crippen molar-refractivity contribution in [3.05, 3.63) is 60.2 Å². The second kappa shape index (κ2) is 17.1. The van der Waals surface area contributed by atoms with Crippen molar-refractivity contribution >= 4 is 11.9 Å². The van der Waals surface area contributed by atoms with E-state index < -0.39 is 18.7 Å². The molecule has 1 amide bonds. The van der Waals surface area contributed by atoms with E-state index in [1.54, 1.807) is 54.6 Å². The van der Waals surface area contributed by atoms with Gasteiger partial charge in [-0.15, -0.1) is 0 Å². The van der Waals surface area contributed by atoms with Gasteiger partial charge in [0.15, 0.2) is 6.61 Å². The average Bonchev–Trinajstić information content (AvgIpc) is 2.81. The van der Waals surface area contributed by atoms with Crippen molar-refractivity contribution in [1.82, 2.24) is 5.32 Å². The first-order valence-electron chi connectivity index (χ1n) is 10.5. The van der Waals surface area contributed by atoms with Crippen LogP contribution in [0.15, 0.2) is 54.6 Å². The maximum Gasteiger partial charge on any atom is 0.344 e. The maximum atomic E-state index is 12.0. The molecule has 8 heteroatoms. The molecule has 0 saturated carbocycles. The normalized spacial score (nSPS) is 10.7. The van der Waals surface area contributed by atoms with Gasteiger partial charge in [-0.25, -0.2) is 4.79 Å². The summed E-state index contributed by atoms with van der Waals surface area (Å²) in [7, 11) is 0. The van der Waals surface area contributed by atoms with Gasteiger partial charge in [0.1, 0.15) is 17.6 Å². The second-order valence-corrected chi connectivity index (χ2v) is 6.84. The predicted octanol–water partition coefficient (Wildman–Crippen LogP) is 3.46. The number of aliphatic hydroxyl groups is 1. The molecule has 1 unspecified atom stereocenters. The number of rotatable bonds is 11. The van der Waals surface area contributed by atoms with Gasteiger partial charge in [0.2, 0.25) is 0 Å². The monoisotopic (exact) mass is 482 g/mol. The first kappa shape index (κ1) is 29.5. The molecule has 0 bridgehead atoms. The molecule has 0 aliphatic rings. The minimum absolute atomic E-state index is 0. The number of hydrogen-bond donors (Lipinski definition) is 2. The van der Waals surface area contributed by atoms with Gasteiger partial charge in [-0.05, 0) is 42.3 Å². The zero-order valence-corrected chi connectivity index (χ0v) is 20.5. The number of nitrogens with one attached hydrogen (secondary N) is 1. The summed E-state index contributed by atoms with van der Waals surface area (Å²) in [4.78, 5) is 24.0. The Hall–Kier alpha value is -2.48. The molecule has 2 rings (SSSR count). The van der Waals surface area contributed by atoms with Gasteiger partial charge in [-0.1, -0.05) is 45.9 Å². The first-order chi connectivity index (χ1) is 15.0. The van der Waals surface area contributed by atoms with Crippen LogP contribution in [0.25, 0.3) is 0 Å². The minimum Gasteiger partial charge on any atom is -0.493 e. The molecule has 0 heterocycles. The molecule has 2 aromatic carbocycles. The molecule has 1 radical (unpaired) electrons. The average molecular weight is 482 g/mol. The Balaban J connectivity index is 0.00000311. The number of benzene rings is 2. The molecule has 0 aliphatic heterocycles. The van der Waals surface area contributed by atoms with E-state index in [0.717, 1.165) is 5.75 Å². The van der Waals surface area contributed by atoms with Crippen molar-refractivity contribution in [3.8, 4) is 11.5 Å². The van der Waals surface area contributed by atoms with Crippen molar-refractivity contribution in [1.29, 1.82) is 0 Å². The molecule has 0 fully saturated rings. The van der Waals surface area contributed by atoms with Crippen molar-refractivity contribution in [2.45, 2.75) is 33.8 Å². The zero-order chi connectivity index (χ0) is 23.1. The van der Waals surface area contributed by atoms with E-state index in [2.05, 4.69) is 19.2 Å². The van der Waals surface area contributed by atoms with E-state index in [1.807, 2.05) is 13.8 Å². The molecule has 1 atom stereocenters. The van der Waals surface area contributed by atoms with Gasteiger partial charge < -0.3 is 24.6 Å². The van der Waals surface area contributed by atoms with Gasteiger partial charge in [-0.2, -0.15) is 0 Å². The molecule has 0 spiro atoms. The first-order valence-corrected chi connectivity index (χ1v) is 10.5. The Bertz CT molecular complexity index is 768. The number of esters is 1. The third kappa shape index (κ3) is 11.8. The van der Waals surface area contributed by atoms with Crippen LogP contribution in [0.4, 0.5) is 0 Å². The molecule has 175 valence electrons. The van der Waals surface area contributed by atoms with Crippen LogP contribution >= 0.6 is 0 Å². The van der Waals surface area contributed by atoms with Gasteiger partial charge in [0.05, 0.1) is 19.8 Å². The Morgan fingerprint density at radius 2 is 1.50 bits per heavy atom. The largest absolute Gasteiger partial charge is 0.493 e. The van der Waals surface area contributed by atoms with Crippen LogP contribution in [0.3, 0.4) is 0 Å². The van der Waals surface area contributed by atoms with Gasteiger partial charge >= 0.3 is 5.97 Å². The fraction of sp³-hybridized carbons (Fsp3) is 0.417. The molecule has 0 aromatic heterocycles. The fourth-order valence-corrected chi connectivity index (χ4v) is 2.30. The van der Waals surface area contributed by atoms with Gasteiger partial charge in [0, 0.05) is 24.1 Å². The molecule has 0 saturated heterocycles. The van der Waals surface area contributed by atoms with Crippen LogP contribution in [0.5, 0.6) is 11.5 Å². The number of carbonyl (C=O) groups is 2. The summed E-state index contributed by atoms with van der Waals surface area (Å²) in [6, 6.07) is 15.6. The van der Waals surface area contributed by atoms with Crippen molar-refractivity contribution in [2.75, 3.05) is 26.4 Å². The summed E-state index contributed by atoms with van der Waals surface area (Å²) in [6.45, 7) is 8.03. The Morgan fingerprint density at radius 3 is 2.03 bits per heavy atom. The number of ether oxygens (including phenoxy) is 3. The molecule has 0 aliphatic carbocycles. The predicted molar refractivity (Wildman–Crippen MR) is 119 cm³/mol. The Kier molecular flexibility index (Phi) is 15.8. The van der Waals surface area contributed by atoms with Crippen LogP contribution in [0.2, 0.25) is 0 Å². The molecular weight excluding hydrogens is 449 g/mol. The number of hydrogen-bond acceptors (Lipinski definition) is 6. The molecule has 2 N–H and O–H groups in total. The molecular formula is C24H33NO6V. The second-order valence-electron chi connectivity index (χ2n) is 6.84. The van der Waals surface area contributed by atoms with Crippen LogP contribution in [0.1, 0.15) is 38.1 Å². The molecule has 7 nitrogen and oxygen atoms in total. The molecule has 32 heavy (non-hydrogen) atoms. The Labute approximate surface area is 202 Å². The summed E-state index contributed by atoms with van der Waals surface area (Å²) in [5, 5.41) is 12.0. The Morgan fingerprint density at radius 1 is 0.938 bits per heavy atom. The minimum atomic E-state index is -0.856. The number of carbonyl (C=O) groups excluding carboxylic acids is 2. The van der Waals surface area contributed by atoms with E-state index in [0.29, 0.717) is 23.8 Å². The van der Waals surface area contributed by atoms with Crippen molar-refractivity contribution < 1.29 is 47.5 Å². The van der Waals surface area contributed by atoms with Crippen molar-refractivity contribution in [2.24, 2.45) is 5.92 Å². The van der Waals surface area contributed by atoms with E-state index in [9.17, 15) is 14.7 Å². The van der Waals surface area contributed by atoms with Crippen molar-refractivity contribution in [3.63, 3.8) is 0 Å². The van der Waals surface area contributed by atoms with Gasteiger partial charge in [0.25, 0.3) is 5.91 Å². The fourth-order valence-electron chi connectivity index (χ4n) is 2.30. The van der Waals surface area contributed by atoms with Crippen LogP contribution in [0, 0.1) is 5.92 Å². The zero-order valence-electron chi connectivity index (χ0n) is 19.1. The van der Waals surface area contributed by atoms with E-state index in [-0.39, 0.29) is 37.6 Å². The maximum absolute atomic E-state index is 12.0. The topological polar surface area (TPSA) is 94.1 Å². The SMILES string of the molecule is CC.CC(C)COc1ccc(OCC(=O)OC(CO)CNC(=O)c2ccccc2)cc1.[V].